The fourth-order valence-corrected chi connectivity index (χ4v) is 1.85. The average molecular weight is 219 g/mol. The van der Waals surface area contributed by atoms with Gasteiger partial charge in [-0.05, 0) is 30.9 Å². The normalized spacial score (nSPS) is 18.2. The second-order valence-electron chi connectivity index (χ2n) is 4.08. The van der Waals surface area contributed by atoms with Gasteiger partial charge in [-0.3, -0.25) is 4.79 Å². The van der Waals surface area contributed by atoms with Crippen LogP contribution in [0.1, 0.15) is 28.8 Å². The molecule has 0 saturated carbocycles. The number of amides is 1. The van der Waals surface area contributed by atoms with Crippen LogP contribution in [0.15, 0.2) is 24.3 Å². The Hall–Kier alpha value is -1.35. The number of aryl methyl sites for hydroxylation is 1. The van der Waals surface area contributed by atoms with Crippen LogP contribution in [0.2, 0.25) is 0 Å². The minimum absolute atomic E-state index is 0.00160. The number of nitrogens with one attached hydrogen (secondary N) is 1. The highest BCUT2D eigenvalue weighted by molar-refractivity contribution is 5.95. The van der Waals surface area contributed by atoms with Crippen molar-refractivity contribution in [3.8, 4) is 0 Å². The van der Waals surface area contributed by atoms with Crippen LogP contribution in [0.3, 0.4) is 0 Å². The molecule has 1 aliphatic rings. The Kier molecular flexibility index (Phi) is 3.57. The van der Waals surface area contributed by atoms with E-state index >= 15 is 0 Å². The molecule has 1 N–H and O–H groups in total. The van der Waals surface area contributed by atoms with Gasteiger partial charge in [0.2, 0.25) is 0 Å². The summed E-state index contributed by atoms with van der Waals surface area (Å²) in [5.41, 5.74) is 1.92. The van der Waals surface area contributed by atoms with E-state index in [1.807, 2.05) is 24.3 Å². The van der Waals surface area contributed by atoms with Crippen molar-refractivity contribution in [2.75, 3.05) is 13.7 Å². The van der Waals surface area contributed by atoms with Crippen LogP contribution in [0, 0.1) is 0 Å². The van der Waals surface area contributed by atoms with Crippen molar-refractivity contribution in [1.82, 2.24) is 5.32 Å². The van der Waals surface area contributed by atoms with Gasteiger partial charge in [-0.1, -0.05) is 18.2 Å². The van der Waals surface area contributed by atoms with Crippen LogP contribution in [0.4, 0.5) is 0 Å². The predicted octanol–water partition coefficient (Wildman–Crippen LogP) is 1.77. The van der Waals surface area contributed by atoms with Gasteiger partial charge >= 0.3 is 0 Å². The molecule has 2 rings (SSSR count). The number of epoxide rings is 1. The second kappa shape index (κ2) is 5.12. The minimum Gasteiger partial charge on any atom is -0.373 e. The van der Waals surface area contributed by atoms with Crippen molar-refractivity contribution in [3.05, 3.63) is 35.4 Å². The molecule has 1 aliphatic heterocycles. The Morgan fingerprint density at radius 3 is 2.94 bits per heavy atom. The van der Waals surface area contributed by atoms with Crippen molar-refractivity contribution in [1.29, 1.82) is 0 Å². The van der Waals surface area contributed by atoms with Gasteiger partial charge in [0, 0.05) is 12.6 Å². The molecule has 1 saturated heterocycles. The molecule has 0 aliphatic carbocycles. The first kappa shape index (κ1) is 11.1. The first-order valence-electron chi connectivity index (χ1n) is 5.73. The summed E-state index contributed by atoms with van der Waals surface area (Å²) in [6, 6.07) is 7.79. The van der Waals surface area contributed by atoms with E-state index in [4.69, 9.17) is 4.74 Å². The monoisotopic (exact) mass is 219 g/mol. The Bertz CT molecular complexity index is 372. The van der Waals surface area contributed by atoms with Crippen LogP contribution in [0.25, 0.3) is 0 Å². The number of rotatable bonds is 5. The fourth-order valence-electron chi connectivity index (χ4n) is 1.85. The molecule has 0 spiro atoms. The third-order valence-electron chi connectivity index (χ3n) is 2.86. The number of hydrogen-bond donors (Lipinski definition) is 1. The molecule has 1 atom stereocenters. The largest absolute Gasteiger partial charge is 0.373 e. The molecule has 1 aromatic rings. The summed E-state index contributed by atoms with van der Waals surface area (Å²) in [5, 5.41) is 2.67. The molecule has 1 fully saturated rings. The average Bonchev–Trinajstić information content (AvgIpc) is 3.13. The zero-order valence-corrected chi connectivity index (χ0v) is 9.53. The lowest BCUT2D eigenvalue weighted by atomic mass is 10.0. The van der Waals surface area contributed by atoms with E-state index in [9.17, 15) is 4.79 Å². The lowest BCUT2D eigenvalue weighted by Crippen LogP contribution is -2.19. The van der Waals surface area contributed by atoms with Gasteiger partial charge in [0.25, 0.3) is 5.91 Å². The predicted molar refractivity (Wildman–Crippen MR) is 62.5 cm³/mol. The number of ether oxygens (including phenoxy) is 1. The van der Waals surface area contributed by atoms with Crippen molar-refractivity contribution >= 4 is 5.91 Å². The van der Waals surface area contributed by atoms with E-state index in [0.717, 1.165) is 37.0 Å². The van der Waals surface area contributed by atoms with E-state index in [1.165, 1.54) is 0 Å². The van der Waals surface area contributed by atoms with Crippen molar-refractivity contribution < 1.29 is 9.53 Å². The van der Waals surface area contributed by atoms with Gasteiger partial charge in [-0.2, -0.15) is 0 Å². The van der Waals surface area contributed by atoms with Crippen LogP contribution >= 0.6 is 0 Å². The highest BCUT2D eigenvalue weighted by Gasteiger charge is 2.21. The molecule has 1 heterocycles. The third kappa shape index (κ3) is 2.83. The molecular weight excluding hydrogens is 202 g/mol. The van der Waals surface area contributed by atoms with Crippen molar-refractivity contribution in [2.24, 2.45) is 0 Å². The highest BCUT2D eigenvalue weighted by atomic mass is 16.6. The standard InChI is InChI=1S/C13H17NO2/c1-14-13(15)12-8-3-2-5-10(12)6-4-7-11-9-16-11/h2-3,5,8,11H,4,6-7,9H2,1H3,(H,14,15). The lowest BCUT2D eigenvalue weighted by Gasteiger charge is -2.07. The first-order chi connectivity index (χ1) is 7.81. The fraction of sp³-hybridized carbons (Fsp3) is 0.462. The molecule has 1 unspecified atom stereocenters. The smallest absolute Gasteiger partial charge is 0.251 e. The Morgan fingerprint density at radius 2 is 2.25 bits per heavy atom. The van der Waals surface area contributed by atoms with Crippen LogP contribution in [0.5, 0.6) is 0 Å². The minimum atomic E-state index is -0.00160. The van der Waals surface area contributed by atoms with Gasteiger partial charge in [-0.25, -0.2) is 0 Å². The SMILES string of the molecule is CNC(=O)c1ccccc1CCCC1CO1. The zero-order valence-electron chi connectivity index (χ0n) is 9.53. The second-order valence-corrected chi connectivity index (χ2v) is 4.08. The van der Waals surface area contributed by atoms with E-state index in [2.05, 4.69) is 5.32 Å². The molecule has 0 bridgehead atoms. The molecule has 16 heavy (non-hydrogen) atoms. The van der Waals surface area contributed by atoms with Gasteiger partial charge in [0.1, 0.15) is 0 Å². The van der Waals surface area contributed by atoms with Gasteiger partial charge in [-0.15, -0.1) is 0 Å². The summed E-state index contributed by atoms with van der Waals surface area (Å²) in [4.78, 5) is 11.6. The Morgan fingerprint density at radius 1 is 1.50 bits per heavy atom. The van der Waals surface area contributed by atoms with E-state index in [1.54, 1.807) is 7.05 Å². The summed E-state index contributed by atoms with van der Waals surface area (Å²) >= 11 is 0. The number of carbonyl (C=O) groups is 1. The van der Waals surface area contributed by atoms with Gasteiger partial charge < -0.3 is 10.1 Å². The number of hydrogen-bond acceptors (Lipinski definition) is 2. The van der Waals surface area contributed by atoms with Gasteiger partial charge in [0.15, 0.2) is 0 Å². The third-order valence-corrected chi connectivity index (χ3v) is 2.86. The Balaban J connectivity index is 1.97. The molecule has 1 amide bonds. The van der Waals surface area contributed by atoms with Crippen LogP contribution in [-0.2, 0) is 11.2 Å². The molecule has 0 radical (unpaired) electrons. The molecule has 86 valence electrons. The van der Waals surface area contributed by atoms with Crippen LogP contribution in [-0.4, -0.2) is 25.7 Å². The summed E-state index contributed by atoms with van der Waals surface area (Å²) in [6.07, 6.45) is 3.61. The number of benzene rings is 1. The maximum absolute atomic E-state index is 11.6. The summed E-state index contributed by atoms with van der Waals surface area (Å²) < 4.78 is 5.17. The quantitative estimate of drug-likeness (QED) is 0.767. The first-order valence-corrected chi connectivity index (χ1v) is 5.73. The maximum atomic E-state index is 11.6. The topological polar surface area (TPSA) is 41.6 Å². The number of carbonyl (C=O) groups excluding carboxylic acids is 1. The molecule has 0 aromatic heterocycles. The Labute approximate surface area is 95.8 Å². The summed E-state index contributed by atoms with van der Waals surface area (Å²) in [6.45, 7) is 0.914. The summed E-state index contributed by atoms with van der Waals surface area (Å²) in [7, 11) is 1.66. The van der Waals surface area contributed by atoms with E-state index in [-0.39, 0.29) is 5.91 Å². The molecule has 3 heteroatoms. The lowest BCUT2D eigenvalue weighted by molar-refractivity contribution is 0.0962. The van der Waals surface area contributed by atoms with Crippen molar-refractivity contribution in [2.45, 2.75) is 25.4 Å². The highest BCUT2D eigenvalue weighted by Crippen LogP contribution is 2.18. The van der Waals surface area contributed by atoms with Crippen LogP contribution < -0.4 is 5.32 Å². The van der Waals surface area contributed by atoms with Crippen molar-refractivity contribution in [3.63, 3.8) is 0 Å². The zero-order chi connectivity index (χ0) is 11.4. The van der Waals surface area contributed by atoms with E-state index in [0.29, 0.717) is 6.10 Å². The van der Waals surface area contributed by atoms with E-state index < -0.39 is 0 Å². The maximum Gasteiger partial charge on any atom is 0.251 e. The summed E-state index contributed by atoms with van der Waals surface area (Å²) in [5.74, 6) is -0.00160. The molecule has 1 aromatic carbocycles. The van der Waals surface area contributed by atoms with Gasteiger partial charge in [0.05, 0.1) is 12.7 Å². The molecular formula is C13H17NO2. The molecule has 3 nitrogen and oxygen atoms in total.